The number of anilines is 1. The van der Waals surface area contributed by atoms with Gasteiger partial charge in [-0.1, -0.05) is 42.1 Å². The third-order valence-corrected chi connectivity index (χ3v) is 4.03. The monoisotopic (exact) mass is 295 g/mol. The molecule has 0 saturated carbocycles. The maximum atomic E-state index is 3.56. The summed E-state index contributed by atoms with van der Waals surface area (Å²) in [4.78, 5) is 2.57. The SMILES string of the molecule is CCCCCCN1CCCc2cc(Br)ccc21. The summed E-state index contributed by atoms with van der Waals surface area (Å²) in [5, 5.41) is 0. The first kappa shape index (κ1) is 12.9. The quantitative estimate of drug-likeness (QED) is 0.707. The number of aryl methyl sites for hydroxylation is 1. The standard InChI is InChI=1S/C15H22BrN/c1-2-3-4-5-10-17-11-6-7-13-12-14(16)8-9-15(13)17/h8-9,12H,2-7,10-11H2,1H3. The molecule has 0 saturated heterocycles. The second kappa shape index (κ2) is 6.44. The van der Waals surface area contributed by atoms with Gasteiger partial charge in [0.15, 0.2) is 0 Å². The summed E-state index contributed by atoms with van der Waals surface area (Å²) < 4.78 is 1.21. The van der Waals surface area contributed by atoms with E-state index in [4.69, 9.17) is 0 Å². The predicted octanol–water partition coefficient (Wildman–Crippen LogP) is 4.78. The third kappa shape index (κ3) is 3.48. The van der Waals surface area contributed by atoms with Crippen molar-refractivity contribution in [3.05, 3.63) is 28.2 Å². The first-order chi connectivity index (χ1) is 8.31. The van der Waals surface area contributed by atoms with Gasteiger partial charge in [-0.3, -0.25) is 0 Å². The molecule has 0 atom stereocenters. The van der Waals surface area contributed by atoms with Gasteiger partial charge in [0.2, 0.25) is 0 Å². The van der Waals surface area contributed by atoms with Crippen molar-refractivity contribution in [2.75, 3.05) is 18.0 Å². The zero-order chi connectivity index (χ0) is 12.1. The van der Waals surface area contributed by atoms with Crippen LogP contribution in [0.4, 0.5) is 5.69 Å². The molecule has 2 heteroatoms. The van der Waals surface area contributed by atoms with Gasteiger partial charge in [-0.2, -0.15) is 0 Å². The van der Waals surface area contributed by atoms with Crippen LogP contribution >= 0.6 is 15.9 Å². The molecule has 1 aliphatic rings. The van der Waals surface area contributed by atoms with Crippen LogP contribution in [0, 0.1) is 0 Å². The summed E-state index contributed by atoms with van der Waals surface area (Å²) in [6.07, 6.45) is 7.95. The van der Waals surface area contributed by atoms with E-state index in [-0.39, 0.29) is 0 Å². The summed E-state index contributed by atoms with van der Waals surface area (Å²) in [6, 6.07) is 6.73. The number of hydrogen-bond acceptors (Lipinski definition) is 1. The molecular weight excluding hydrogens is 274 g/mol. The molecule has 2 rings (SSSR count). The Morgan fingerprint density at radius 1 is 1.24 bits per heavy atom. The second-order valence-electron chi connectivity index (χ2n) is 4.92. The Labute approximate surface area is 113 Å². The molecule has 0 fully saturated rings. The molecule has 1 aliphatic heterocycles. The van der Waals surface area contributed by atoms with E-state index < -0.39 is 0 Å². The molecule has 0 unspecified atom stereocenters. The van der Waals surface area contributed by atoms with Crippen molar-refractivity contribution in [2.45, 2.75) is 45.4 Å². The minimum absolute atomic E-state index is 1.21. The van der Waals surface area contributed by atoms with Crippen molar-refractivity contribution >= 4 is 21.6 Å². The van der Waals surface area contributed by atoms with Gasteiger partial charge in [0.25, 0.3) is 0 Å². The van der Waals surface area contributed by atoms with E-state index in [0.29, 0.717) is 0 Å². The molecule has 0 amide bonds. The maximum Gasteiger partial charge on any atom is 0.0399 e. The van der Waals surface area contributed by atoms with Gasteiger partial charge in [0.1, 0.15) is 0 Å². The number of halogens is 1. The van der Waals surface area contributed by atoms with Gasteiger partial charge in [-0.15, -0.1) is 0 Å². The lowest BCUT2D eigenvalue weighted by molar-refractivity contribution is 0.619. The highest BCUT2D eigenvalue weighted by Crippen LogP contribution is 2.29. The van der Waals surface area contributed by atoms with Gasteiger partial charge in [-0.05, 0) is 43.0 Å². The van der Waals surface area contributed by atoms with Crippen molar-refractivity contribution in [2.24, 2.45) is 0 Å². The van der Waals surface area contributed by atoms with Crippen LogP contribution in [0.1, 0.15) is 44.6 Å². The van der Waals surface area contributed by atoms with E-state index in [2.05, 4.69) is 46.0 Å². The lowest BCUT2D eigenvalue weighted by Gasteiger charge is -2.31. The van der Waals surface area contributed by atoms with E-state index in [1.165, 1.54) is 67.3 Å². The summed E-state index contributed by atoms with van der Waals surface area (Å²) in [5.74, 6) is 0. The van der Waals surface area contributed by atoms with Crippen LogP contribution in [0.2, 0.25) is 0 Å². The van der Waals surface area contributed by atoms with Gasteiger partial charge in [0.05, 0.1) is 0 Å². The highest BCUT2D eigenvalue weighted by Gasteiger charge is 2.16. The Balaban J connectivity index is 1.97. The molecule has 1 heterocycles. The fraction of sp³-hybridized carbons (Fsp3) is 0.600. The van der Waals surface area contributed by atoms with Gasteiger partial charge in [-0.25, -0.2) is 0 Å². The highest BCUT2D eigenvalue weighted by molar-refractivity contribution is 9.10. The fourth-order valence-corrected chi connectivity index (χ4v) is 3.01. The normalized spacial score (nSPS) is 14.8. The molecule has 17 heavy (non-hydrogen) atoms. The van der Waals surface area contributed by atoms with E-state index >= 15 is 0 Å². The molecule has 0 N–H and O–H groups in total. The Morgan fingerprint density at radius 2 is 2.12 bits per heavy atom. The molecule has 0 aliphatic carbocycles. The van der Waals surface area contributed by atoms with Crippen LogP contribution < -0.4 is 4.90 Å². The van der Waals surface area contributed by atoms with Crippen LogP contribution in [-0.4, -0.2) is 13.1 Å². The number of hydrogen-bond donors (Lipinski definition) is 0. The second-order valence-corrected chi connectivity index (χ2v) is 5.84. The Kier molecular flexibility index (Phi) is 4.90. The Morgan fingerprint density at radius 3 is 2.94 bits per heavy atom. The molecule has 0 bridgehead atoms. The van der Waals surface area contributed by atoms with Crippen molar-refractivity contribution in [3.63, 3.8) is 0 Å². The van der Waals surface area contributed by atoms with Crippen molar-refractivity contribution in [1.29, 1.82) is 0 Å². The predicted molar refractivity (Wildman–Crippen MR) is 78.8 cm³/mol. The fourth-order valence-electron chi connectivity index (χ4n) is 2.61. The smallest absolute Gasteiger partial charge is 0.0399 e. The first-order valence-corrected chi connectivity index (χ1v) is 7.64. The average molecular weight is 296 g/mol. The third-order valence-electron chi connectivity index (χ3n) is 3.54. The zero-order valence-electron chi connectivity index (χ0n) is 10.7. The summed E-state index contributed by atoms with van der Waals surface area (Å²) in [6.45, 7) is 4.74. The Bertz CT molecular complexity index is 362. The zero-order valence-corrected chi connectivity index (χ0v) is 12.3. The molecule has 94 valence electrons. The number of unbranched alkanes of at least 4 members (excludes halogenated alkanes) is 3. The molecule has 0 aromatic heterocycles. The van der Waals surface area contributed by atoms with E-state index in [9.17, 15) is 0 Å². The molecule has 1 aromatic carbocycles. The highest BCUT2D eigenvalue weighted by atomic mass is 79.9. The van der Waals surface area contributed by atoms with Crippen LogP contribution in [0.15, 0.2) is 22.7 Å². The maximum absolute atomic E-state index is 3.56. The van der Waals surface area contributed by atoms with Crippen LogP contribution in [-0.2, 0) is 6.42 Å². The lowest BCUT2D eigenvalue weighted by Crippen LogP contribution is -2.30. The van der Waals surface area contributed by atoms with Crippen molar-refractivity contribution < 1.29 is 0 Å². The van der Waals surface area contributed by atoms with Crippen LogP contribution in [0.3, 0.4) is 0 Å². The molecule has 0 spiro atoms. The molecule has 1 aromatic rings. The minimum atomic E-state index is 1.21. The van der Waals surface area contributed by atoms with E-state index in [0.717, 1.165) is 0 Å². The number of nitrogens with zero attached hydrogens (tertiary/aromatic N) is 1. The number of benzene rings is 1. The van der Waals surface area contributed by atoms with Crippen LogP contribution in [0.25, 0.3) is 0 Å². The van der Waals surface area contributed by atoms with Crippen LogP contribution in [0.5, 0.6) is 0 Å². The molecule has 1 nitrogen and oxygen atoms in total. The van der Waals surface area contributed by atoms with Crippen molar-refractivity contribution in [1.82, 2.24) is 0 Å². The molecular formula is C15H22BrN. The summed E-state index contributed by atoms with van der Waals surface area (Å²) >= 11 is 3.56. The van der Waals surface area contributed by atoms with E-state index in [1.54, 1.807) is 0 Å². The number of fused-ring (bicyclic) bond motifs is 1. The first-order valence-electron chi connectivity index (χ1n) is 6.84. The number of rotatable bonds is 5. The lowest BCUT2D eigenvalue weighted by atomic mass is 10.0. The topological polar surface area (TPSA) is 3.24 Å². The van der Waals surface area contributed by atoms with Gasteiger partial charge < -0.3 is 4.90 Å². The van der Waals surface area contributed by atoms with E-state index in [1.807, 2.05) is 0 Å². The minimum Gasteiger partial charge on any atom is -0.371 e. The van der Waals surface area contributed by atoms with Crippen molar-refractivity contribution in [3.8, 4) is 0 Å². The summed E-state index contributed by atoms with van der Waals surface area (Å²) in [5.41, 5.74) is 2.98. The average Bonchev–Trinajstić information content (AvgIpc) is 2.34. The van der Waals surface area contributed by atoms with Gasteiger partial charge in [0, 0.05) is 23.2 Å². The summed E-state index contributed by atoms with van der Waals surface area (Å²) in [7, 11) is 0. The largest absolute Gasteiger partial charge is 0.371 e. The van der Waals surface area contributed by atoms with Gasteiger partial charge >= 0.3 is 0 Å². The molecule has 0 radical (unpaired) electrons. The Hall–Kier alpha value is -0.500.